The number of carbonyl (C=O) groups is 2. The van der Waals surface area contributed by atoms with Gasteiger partial charge in [-0.2, -0.15) is 0 Å². The van der Waals surface area contributed by atoms with E-state index in [4.69, 9.17) is 4.74 Å². The zero-order valence-corrected chi connectivity index (χ0v) is 13.6. The van der Waals surface area contributed by atoms with Gasteiger partial charge in [-0.15, -0.1) is 0 Å². The van der Waals surface area contributed by atoms with Crippen molar-refractivity contribution in [2.75, 3.05) is 11.9 Å². The van der Waals surface area contributed by atoms with Gasteiger partial charge in [-0.3, -0.25) is 9.59 Å². The minimum Gasteiger partial charge on any atom is -0.507 e. The molecule has 5 heteroatoms. The fraction of sp³-hybridized carbons (Fsp3) is 0.158. The molecule has 0 unspecified atom stereocenters. The molecule has 124 valence electrons. The zero-order valence-electron chi connectivity index (χ0n) is 13.6. The van der Waals surface area contributed by atoms with E-state index in [-0.39, 0.29) is 23.0 Å². The number of benzene rings is 2. The van der Waals surface area contributed by atoms with Crippen molar-refractivity contribution in [3.63, 3.8) is 0 Å². The van der Waals surface area contributed by atoms with Crippen molar-refractivity contribution in [1.29, 1.82) is 0 Å². The molecule has 0 bridgehead atoms. The van der Waals surface area contributed by atoms with Crippen molar-refractivity contribution >= 4 is 23.5 Å². The molecule has 0 aromatic heterocycles. The predicted molar refractivity (Wildman–Crippen MR) is 93.4 cm³/mol. The quantitative estimate of drug-likeness (QED) is 0.628. The van der Waals surface area contributed by atoms with Crippen molar-refractivity contribution in [3.05, 3.63) is 59.7 Å². The van der Waals surface area contributed by atoms with Crippen LogP contribution >= 0.6 is 0 Å². The molecule has 1 amide bonds. The van der Waals surface area contributed by atoms with Crippen LogP contribution in [0.2, 0.25) is 0 Å². The van der Waals surface area contributed by atoms with Crippen LogP contribution in [0.25, 0.3) is 6.08 Å². The Morgan fingerprint density at radius 1 is 1.21 bits per heavy atom. The van der Waals surface area contributed by atoms with Crippen LogP contribution in [0.1, 0.15) is 29.8 Å². The summed E-state index contributed by atoms with van der Waals surface area (Å²) in [5, 5.41) is 12.5. The summed E-state index contributed by atoms with van der Waals surface area (Å²) in [4.78, 5) is 23.3. The SMILES string of the molecule is CCOc1ccccc1/C=C/C(=O)c1ccc(NC(C)=O)cc1O. The van der Waals surface area contributed by atoms with Crippen LogP contribution < -0.4 is 10.1 Å². The Bertz CT molecular complexity index is 781. The van der Waals surface area contributed by atoms with Gasteiger partial charge in [-0.1, -0.05) is 18.2 Å². The Morgan fingerprint density at radius 2 is 1.96 bits per heavy atom. The molecule has 0 aliphatic heterocycles. The summed E-state index contributed by atoms with van der Waals surface area (Å²) >= 11 is 0. The van der Waals surface area contributed by atoms with Crippen molar-refractivity contribution in [1.82, 2.24) is 0 Å². The number of hydrogen-bond donors (Lipinski definition) is 2. The summed E-state index contributed by atoms with van der Waals surface area (Å²) in [6.45, 7) is 3.79. The summed E-state index contributed by atoms with van der Waals surface area (Å²) in [5.41, 5.74) is 1.37. The van der Waals surface area contributed by atoms with Crippen LogP contribution in [0.5, 0.6) is 11.5 Å². The van der Waals surface area contributed by atoms with Gasteiger partial charge in [0.1, 0.15) is 11.5 Å². The van der Waals surface area contributed by atoms with Crippen LogP contribution in [0.15, 0.2) is 48.5 Å². The zero-order chi connectivity index (χ0) is 17.5. The lowest BCUT2D eigenvalue weighted by atomic mass is 10.1. The lowest BCUT2D eigenvalue weighted by molar-refractivity contribution is -0.114. The molecular weight excluding hydrogens is 306 g/mol. The van der Waals surface area contributed by atoms with Crippen LogP contribution in [0.4, 0.5) is 5.69 Å². The smallest absolute Gasteiger partial charge is 0.221 e. The number of anilines is 1. The summed E-state index contributed by atoms with van der Waals surface area (Å²) in [6, 6.07) is 11.8. The molecule has 0 radical (unpaired) electrons. The van der Waals surface area contributed by atoms with Gasteiger partial charge in [-0.05, 0) is 37.3 Å². The molecule has 2 N–H and O–H groups in total. The number of allylic oxidation sites excluding steroid dienone is 1. The Balaban J connectivity index is 2.19. The summed E-state index contributed by atoms with van der Waals surface area (Å²) < 4.78 is 5.50. The standard InChI is InChI=1S/C19H19NO4/c1-3-24-19-7-5-4-6-14(19)8-11-17(22)16-10-9-15(12-18(16)23)20-13(2)21/h4-12,23H,3H2,1-2H3,(H,20,21)/b11-8+. The summed E-state index contributed by atoms with van der Waals surface area (Å²) in [7, 11) is 0. The molecule has 0 atom stereocenters. The van der Waals surface area contributed by atoms with E-state index in [0.717, 1.165) is 5.56 Å². The highest BCUT2D eigenvalue weighted by Gasteiger charge is 2.10. The molecule has 24 heavy (non-hydrogen) atoms. The topological polar surface area (TPSA) is 75.6 Å². The molecule has 0 aliphatic carbocycles. The summed E-state index contributed by atoms with van der Waals surface area (Å²) in [5.74, 6) is -0.0858. The average Bonchev–Trinajstić information content (AvgIpc) is 2.53. The van der Waals surface area contributed by atoms with Crippen molar-refractivity contribution in [3.8, 4) is 11.5 Å². The van der Waals surface area contributed by atoms with Gasteiger partial charge in [-0.25, -0.2) is 0 Å². The van der Waals surface area contributed by atoms with Gasteiger partial charge in [0.2, 0.25) is 5.91 Å². The first-order valence-electron chi connectivity index (χ1n) is 7.56. The fourth-order valence-corrected chi connectivity index (χ4v) is 2.18. The Hall–Kier alpha value is -3.08. The van der Waals surface area contributed by atoms with E-state index in [2.05, 4.69) is 5.32 Å². The molecule has 0 fully saturated rings. The maximum absolute atomic E-state index is 12.3. The third kappa shape index (κ3) is 4.46. The number of phenols is 1. The monoisotopic (exact) mass is 325 g/mol. The lowest BCUT2D eigenvalue weighted by Crippen LogP contribution is -2.06. The van der Waals surface area contributed by atoms with E-state index < -0.39 is 0 Å². The molecule has 5 nitrogen and oxygen atoms in total. The average molecular weight is 325 g/mol. The van der Waals surface area contributed by atoms with Crippen LogP contribution in [-0.4, -0.2) is 23.4 Å². The molecule has 0 saturated heterocycles. The fourth-order valence-electron chi connectivity index (χ4n) is 2.18. The molecule has 0 aliphatic rings. The van der Waals surface area contributed by atoms with E-state index in [9.17, 15) is 14.7 Å². The van der Waals surface area contributed by atoms with E-state index >= 15 is 0 Å². The predicted octanol–water partition coefficient (Wildman–Crippen LogP) is 3.65. The first-order chi connectivity index (χ1) is 11.5. The molecule has 0 saturated carbocycles. The lowest BCUT2D eigenvalue weighted by Gasteiger charge is -2.07. The number of hydrogen-bond acceptors (Lipinski definition) is 4. The molecule has 2 aromatic carbocycles. The Morgan fingerprint density at radius 3 is 2.62 bits per heavy atom. The maximum Gasteiger partial charge on any atom is 0.221 e. The third-order valence-electron chi connectivity index (χ3n) is 3.22. The highest BCUT2D eigenvalue weighted by Crippen LogP contribution is 2.24. The van der Waals surface area contributed by atoms with Gasteiger partial charge < -0.3 is 15.2 Å². The number of aromatic hydroxyl groups is 1. The van der Waals surface area contributed by atoms with Gasteiger partial charge >= 0.3 is 0 Å². The van der Waals surface area contributed by atoms with Crippen LogP contribution in [0.3, 0.4) is 0 Å². The number of nitrogens with one attached hydrogen (secondary N) is 1. The van der Waals surface area contributed by atoms with Gasteiger partial charge in [0.05, 0.1) is 12.2 Å². The molecule has 2 rings (SSSR count). The van der Waals surface area contributed by atoms with Crippen molar-refractivity contribution in [2.24, 2.45) is 0 Å². The second kappa shape index (κ2) is 7.97. The molecule has 0 spiro atoms. The number of ether oxygens (including phenoxy) is 1. The molecule has 0 heterocycles. The van der Waals surface area contributed by atoms with E-state index in [1.54, 1.807) is 12.1 Å². The van der Waals surface area contributed by atoms with Gasteiger partial charge in [0.15, 0.2) is 5.78 Å². The second-order valence-corrected chi connectivity index (χ2v) is 5.08. The Kier molecular flexibility index (Phi) is 5.73. The van der Waals surface area contributed by atoms with E-state index in [1.807, 2.05) is 31.2 Å². The number of ketones is 1. The minimum atomic E-state index is -0.340. The third-order valence-corrected chi connectivity index (χ3v) is 3.22. The number of carbonyl (C=O) groups excluding carboxylic acids is 2. The number of phenolic OH excluding ortho intramolecular Hbond substituents is 1. The van der Waals surface area contributed by atoms with E-state index in [1.165, 1.54) is 25.1 Å². The highest BCUT2D eigenvalue weighted by atomic mass is 16.5. The van der Waals surface area contributed by atoms with Gasteiger partial charge in [0.25, 0.3) is 0 Å². The van der Waals surface area contributed by atoms with Crippen molar-refractivity contribution < 1.29 is 19.4 Å². The Labute approximate surface area is 140 Å². The largest absolute Gasteiger partial charge is 0.507 e. The minimum absolute atomic E-state index is 0.161. The first kappa shape index (κ1) is 17.3. The second-order valence-electron chi connectivity index (χ2n) is 5.08. The molecular formula is C19H19NO4. The summed E-state index contributed by atoms with van der Waals surface area (Å²) in [6.07, 6.45) is 3.03. The first-order valence-corrected chi connectivity index (χ1v) is 7.56. The van der Waals surface area contributed by atoms with E-state index in [0.29, 0.717) is 18.0 Å². The maximum atomic E-state index is 12.3. The normalized spacial score (nSPS) is 10.6. The van der Waals surface area contributed by atoms with Crippen molar-refractivity contribution in [2.45, 2.75) is 13.8 Å². The highest BCUT2D eigenvalue weighted by molar-refractivity contribution is 6.09. The molecule has 2 aromatic rings. The van der Waals surface area contributed by atoms with Crippen LogP contribution in [-0.2, 0) is 4.79 Å². The van der Waals surface area contributed by atoms with Crippen LogP contribution in [0, 0.1) is 0 Å². The number of amides is 1. The number of para-hydroxylation sites is 1. The van der Waals surface area contributed by atoms with Gasteiger partial charge in [0, 0.05) is 24.2 Å². The number of rotatable bonds is 6.